The summed E-state index contributed by atoms with van der Waals surface area (Å²) in [5.74, 6) is -0.589. The number of nitrogens with one attached hydrogen (secondary N) is 1. The molecule has 122 valence electrons. The van der Waals surface area contributed by atoms with Crippen LogP contribution in [0.25, 0.3) is 6.08 Å². The zero-order chi connectivity index (χ0) is 17.1. The highest BCUT2D eigenvalue weighted by atomic mass is 79.9. The third-order valence-corrected chi connectivity index (χ3v) is 5.62. The number of carbonyl (C=O) groups is 2. The highest BCUT2D eigenvalue weighted by Gasteiger charge is 2.33. The molecule has 0 atom stereocenters. The number of hydrogen-bond donors (Lipinski definition) is 1. The molecule has 1 saturated heterocycles. The summed E-state index contributed by atoms with van der Waals surface area (Å²) in [6.07, 6.45) is 3.37. The molecule has 1 aromatic heterocycles. The fourth-order valence-electron chi connectivity index (χ4n) is 1.93. The van der Waals surface area contributed by atoms with Crippen LogP contribution < -0.4 is 5.32 Å². The Kier molecular flexibility index (Phi) is 5.44. The molecule has 0 unspecified atom stereocenters. The van der Waals surface area contributed by atoms with Gasteiger partial charge in [-0.15, -0.1) is 11.3 Å². The van der Waals surface area contributed by atoms with Crippen molar-refractivity contribution < 1.29 is 9.59 Å². The molecule has 2 heterocycles. The summed E-state index contributed by atoms with van der Waals surface area (Å²) in [6, 6.07) is 7.58. The number of halogens is 1. The summed E-state index contributed by atoms with van der Waals surface area (Å²) in [7, 11) is 0. The Hall–Kier alpha value is -1.55. The van der Waals surface area contributed by atoms with Gasteiger partial charge in [-0.25, -0.2) is 4.98 Å². The van der Waals surface area contributed by atoms with Crippen LogP contribution in [0, 0.1) is 0 Å². The van der Waals surface area contributed by atoms with Crippen LogP contribution in [0.15, 0.2) is 45.2 Å². The van der Waals surface area contributed by atoms with E-state index >= 15 is 0 Å². The van der Waals surface area contributed by atoms with Crippen LogP contribution in [-0.2, 0) is 9.59 Å². The van der Waals surface area contributed by atoms with Crippen LogP contribution in [0.4, 0.5) is 5.13 Å². The van der Waals surface area contributed by atoms with Crippen molar-refractivity contribution in [2.45, 2.75) is 0 Å². The third-order valence-electron chi connectivity index (χ3n) is 3.02. The number of thioether (sulfide) groups is 1. The highest BCUT2D eigenvalue weighted by Crippen LogP contribution is 2.32. The van der Waals surface area contributed by atoms with Gasteiger partial charge >= 0.3 is 0 Å². The van der Waals surface area contributed by atoms with Gasteiger partial charge in [-0.05, 0) is 23.8 Å². The van der Waals surface area contributed by atoms with E-state index in [2.05, 4.69) is 26.2 Å². The summed E-state index contributed by atoms with van der Waals surface area (Å²) < 4.78 is 1.34. The lowest BCUT2D eigenvalue weighted by molar-refractivity contribution is -0.126. The van der Waals surface area contributed by atoms with Gasteiger partial charge < -0.3 is 5.32 Å². The molecule has 2 aromatic rings. The molecule has 2 amide bonds. The summed E-state index contributed by atoms with van der Waals surface area (Å²) in [4.78, 5) is 30.3. The number of rotatable bonds is 4. The van der Waals surface area contributed by atoms with Crippen LogP contribution in [0.1, 0.15) is 5.56 Å². The molecule has 9 heteroatoms. The molecule has 0 aliphatic carbocycles. The Labute approximate surface area is 160 Å². The predicted molar refractivity (Wildman–Crippen MR) is 105 cm³/mol. The average Bonchev–Trinajstić information content (AvgIpc) is 3.14. The van der Waals surface area contributed by atoms with Gasteiger partial charge in [0.25, 0.3) is 5.91 Å². The van der Waals surface area contributed by atoms with Gasteiger partial charge in [0.15, 0.2) is 5.13 Å². The maximum atomic E-state index is 12.5. The lowest BCUT2D eigenvalue weighted by Gasteiger charge is -2.13. The van der Waals surface area contributed by atoms with E-state index in [1.54, 1.807) is 17.7 Å². The van der Waals surface area contributed by atoms with E-state index in [9.17, 15) is 9.59 Å². The van der Waals surface area contributed by atoms with Gasteiger partial charge in [-0.2, -0.15) is 0 Å². The quantitative estimate of drug-likeness (QED) is 0.580. The van der Waals surface area contributed by atoms with Gasteiger partial charge in [-0.3, -0.25) is 14.5 Å². The monoisotopic (exact) mass is 439 g/mol. The Morgan fingerprint density at radius 3 is 2.79 bits per heavy atom. The first kappa shape index (κ1) is 17.3. The van der Waals surface area contributed by atoms with E-state index in [1.807, 2.05) is 24.3 Å². The molecule has 1 N–H and O–H groups in total. The standard InChI is InChI=1S/C15H10BrN3O2S3/c16-10-3-1-9(2-4-10)7-11-13(21)19(15(22)24-11)8-12(20)18-14-17-5-6-23-14/h1-7H,8H2,(H,17,18,20)/b11-7-. The van der Waals surface area contributed by atoms with Gasteiger partial charge in [0.2, 0.25) is 5.91 Å². The first-order valence-corrected chi connectivity index (χ1v) is 9.63. The van der Waals surface area contributed by atoms with Crippen molar-refractivity contribution in [3.8, 4) is 0 Å². The minimum atomic E-state index is -0.328. The van der Waals surface area contributed by atoms with Crippen LogP contribution in [0.3, 0.4) is 0 Å². The Balaban J connectivity index is 1.69. The normalized spacial score (nSPS) is 16.0. The van der Waals surface area contributed by atoms with Crippen LogP contribution >= 0.6 is 51.2 Å². The Morgan fingerprint density at radius 1 is 1.38 bits per heavy atom. The van der Waals surface area contributed by atoms with Crippen molar-refractivity contribution in [2.24, 2.45) is 0 Å². The number of carbonyl (C=O) groups excluding carboxylic acids is 2. The van der Waals surface area contributed by atoms with Crippen LogP contribution in [0.2, 0.25) is 0 Å². The van der Waals surface area contributed by atoms with Crippen LogP contribution in [0.5, 0.6) is 0 Å². The van der Waals surface area contributed by atoms with Gasteiger partial charge in [0.1, 0.15) is 10.9 Å². The Bertz CT molecular complexity index is 819. The van der Waals surface area contributed by atoms with Crippen molar-refractivity contribution >= 4 is 78.6 Å². The molecule has 0 bridgehead atoms. The third kappa shape index (κ3) is 4.10. The molecule has 3 rings (SSSR count). The summed E-state index contributed by atoms with van der Waals surface area (Å²) in [5, 5.41) is 4.90. The maximum absolute atomic E-state index is 12.5. The molecule has 0 radical (unpaired) electrons. The molecule has 0 spiro atoms. The second kappa shape index (κ2) is 7.56. The van der Waals surface area contributed by atoms with Gasteiger partial charge in [-0.1, -0.05) is 52.0 Å². The first-order valence-electron chi connectivity index (χ1n) is 6.73. The number of aromatic nitrogens is 1. The van der Waals surface area contributed by atoms with Crippen molar-refractivity contribution in [2.75, 3.05) is 11.9 Å². The molecule has 5 nitrogen and oxygen atoms in total. The maximum Gasteiger partial charge on any atom is 0.266 e. The van der Waals surface area contributed by atoms with E-state index in [0.717, 1.165) is 10.0 Å². The second-order valence-corrected chi connectivity index (χ2v) is 8.19. The molecule has 0 saturated carbocycles. The molecule has 1 fully saturated rings. The summed E-state index contributed by atoms with van der Waals surface area (Å²) in [5.41, 5.74) is 0.894. The number of hydrogen-bond acceptors (Lipinski definition) is 6. The van der Waals surface area contributed by atoms with Gasteiger partial charge in [0.05, 0.1) is 4.91 Å². The molecule has 1 aliphatic rings. The van der Waals surface area contributed by atoms with E-state index < -0.39 is 0 Å². The topological polar surface area (TPSA) is 62.3 Å². The van der Waals surface area contributed by atoms with E-state index in [-0.39, 0.29) is 18.4 Å². The van der Waals surface area contributed by atoms with E-state index in [0.29, 0.717) is 14.4 Å². The number of amides is 2. The number of anilines is 1. The summed E-state index contributed by atoms with van der Waals surface area (Å²) in [6.45, 7) is -0.123. The molecule has 24 heavy (non-hydrogen) atoms. The van der Waals surface area contributed by atoms with Crippen molar-refractivity contribution in [3.05, 3.63) is 50.8 Å². The average molecular weight is 440 g/mol. The predicted octanol–water partition coefficient (Wildman–Crippen LogP) is 3.75. The fourth-order valence-corrected chi connectivity index (χ4v) is 4.00. The first-order chi connectivity index (χ1) is 11.5. The molecule has 1 aromatic carbocycles. The minimum Gasteiger partial charge on any atom is -0.300 e. The number of thiazole rings is 1. The second-order valence-electron chi connectivity index (χ2n) is 4.70. The SMILES string of the molecule is O=C(CN1C(=O)/C(=C/c2ccc(Br)cc2)SC1=S)Nc1nccs1. The van der Waals surface area contributed by atoms with E-state index in [4.69, 9.17) is 12.2 Å². The molecular formula is C15H10BrN3O2S3. The number of thiocarbonyl (C=S) groups is 1. The largest absolute Gasteiger partial charge is 0.300 e. The minimum absolute atomic E-state index is 0.123. The lowest BCUT2D eigenvalue weighted by atomic mass is 10.2. The lowest BCUT2D eigenvalue weighted by Crippen LogP contribution is -2.36. The van der Waals surface area contributed by atoms with Gasteiger partial charge in [0, 0.05) is 16.0 Å². The van der Waals surface area contributed by atoms with Crippen LogP contribution in [-0.4, -0.2) is 32.6 Å². The zero-order valence-electron chi connectivity index (χ0n) is 12.1. The van der Waals surface area contributed by atoms with Crippen molar-refractivity contribution in [3.63, 3.8) is 0 Å². The van der Waals surface area contributed by atoms with E-state index in [1.165, 1.54) is 28.0 Å². The number of benzene rings is 1. The smallest absolute Gasteiger partial charge is 0.266 e. The number of nitrogens with zero attached hydrogens (tertiary/aromatic N) is 2. The molecule has 1 aliphatic heterocycles. The zero-order valence-corrected chi connectivity index (χ0v) is 16.1. The van der Waals surface area contributed by atoms with Crippen molar-refractivity contribution in [1.29, 1.82) is 0 Å². The Morgan fingerprint density at radius 2 is 2.12 bits per heavy atom. The van der Waals surface area contributed by atoms with Crippen molar-refractivity contribution in [1.82, 2.24) is 9.88 Å². The fraction of sp³-hybridized carbons (Fsp3) is 0.0667. The summed E-state index contributed by atoms with van der Waals surface area (Å²) >= 11 is 11.1. The molecular weight excluding hydrogens is 430 g/mol. The highest BCUT2D eigenvalue weighted by molar-refractivity contribution is 9.10.